The van der Waals surface area contributed by atoms with Gasteiger partial charge in [-0.05, 0) is 61.0 Å². The van der Waals surface area contributed by atoms with E-state index in [4.69, 9.17) is 0 Å². The molecule has 0 spiro atoms. The average Bonchev–Trinajstić information content (AvgIpc) is 3.29. The van der Waals surface area contributed by atoms with Crippen LogP contribution in [0.1, 0.15) is 18.4 Å². The van der Waals surface area contributed by atoms with Crippen molar-refractivity contribution in [1.29, 1.82) is 0 Å². The summed E-state index contributed by atoms with van der Waals surface area (Å²) in [5, 5.41) is 2.57. The third kappa shape index (κ3) is 5.51. The topological polar surface area (TPSA) is 86.8 Å². The van der Waals surface area contributed by atoms with Crippen molar-refractivity contribution in [3.63, 3.8) is 0 Å². The van der Waals surface area contributed by atoms with Crippen LogP contribution in [0.5, 0.6) is 0 Å². The number of halogens is 3. The summed E-state index contributed by atoms with van der Waals surface area (Å²) in [5.74, 6) is -0.744. The van der Waals surface area contributed by atoms with Gasteiger partial charge in [-0.25, -0.2) is 8.42 Å². The van der Waals surface area contributed by atoms with Crippen LogP contribution in [0, 0.1) is 0 Å². The number of sulfonamides is 1. The Labute approximate surface area is 206 Å². The first-order valence-corrected chi connectivity index (χ1v) is 12.4. The van der Waals surface area contributed by atoms with Gasteiger partial charge in [-0.1, -0.05) is 24.3 Å². The number of hydrogen-bond donors (Lipinski definition) is 1. The van der Waals surface area contributed by atoms with Gasteiger partial charge in [-0.3, -0.25) is 13.9 Å². The fourth-order valence-electron chi connectivity index (χ4n) is 3.85. The standard InChI is InChI=1S/C25H22F3N3O4S/c26-25(27,28)18-6-4-7-21(16-18)31(36(34,35)22-8-2-1-3-9-22)17-23(32)29-19-11-13-20(14-12-19)30-15-5-10-24(30)33/h1-4,6-9,11-14,16H,5,10,15,17H2,(H,29,32). The van der Waals surface area contributed by atoms with Crippen LogP contribution in [0.25, 0.3) is 0 Å². The molecule has 1 fully saturated rings. The molecule has 1 aliphatic heterocycles. The summed E-state index contributed by atoms with van der Waals surface area (Å²) < 4.78 is 67.2. The molecule has 0 radical (unpaired) electrons. The molecule has 36 heavy (non-hydrogen) atoms. The zero-order valence-electron chi connectivity index (χ0n) is 18.9. The zero-order chi connectivity index (χ0) is 25.9. The summed E-state index contributed by atoms with van der Waals surface area (Å²) in [4.78, 5) is 26.2. The maximum absolute atomic E-state index is 13.3. The summed E-state index contributed by atoms with van der Waals surface area (Å²) >= 11 is 0. The Morgan fingerprint density at radius 1 is 0.972 bits per heavy atom. The zero-order valence-corrected chi connectivity index (χ0v) is 19.7. The van der Waals surface area contributed by atoms with Crippen molar-refractivity contribution in [3.05, 3.63) is 84.4 Å². The Morgan fingerprint density at radius 2 is 1.67 bits per heavy atom. The quantitative estimate of drug-likeness (QED) is 0.494. The van der Waals surface area contributed by atoms with Crippen molar-refractivity contribution in [2.45, 2.75) is 23.9 Å². The minimum absolute atomic E-state index is 0.00892. The Bertz CT molecular complexity index is 1360. The molecule has 0 aromatic heterocycles. The van der Waals surface area contributed by atoms with Crippen molar-refractivity contribution < 1.29 is 31.2 Å². The molecule has 2 amide bonds. The number of carbonyl (C=O) groups excluding carboxylic acids is 2. The minimum atomic E-state index is -4.70. The first-order valence-electron chi connectivity index (χ1n) is 11.0. The van der Waals surface area contributed by atoms with Gasteiger partial charge in [0, 0.05) is 24.3 Å². The molecule has 3 aromatic carbocycles. The molecule has 188 valence electrons. The van der Waals surface area contributed by atoms with Gasteiger partial charge >= 0.3 is 6.18 Å². The van der Waals surface area contributed by atoms with Crippen molar-refractivity contribution in [3.8, 4) is 0 Å². The molecule has 11 heteroatoms. The maximum atomic E-state index is 13.3. The van der Waals surface area contributed by atoms with Gasteiger partial charge in [0.1, 0.15) is 6.54 Å². The second-order valence-electron chi connectivity index (χ2n) is 8.12. The molecule has 0 bridgehead atoms. The smallest absolute Gasteiger partial charge is 0.325 e. The molecule has 1 saturated heterocycles. The highest BCUT2D eigenvalue weighted by molar-refractivity contribution is 7.92. The number of nitrogens with zero attached hydrogens (tertiary/aromatic N) is 2. The van der Waals surface area contributed by atoms with Crippen LogP contribution in [0.3, 0.4) is 0 Å². The first kappa shape index (κ1) is 25.2. The molecular formula is C25H22F3N3O4S. The third-order valence-corrected chi connectivity index (χ3v) is 7.40. The van der Waals surface area contributed by atoms with Crippen LogP contribution in [0.2, 0.25) is 0 Å². The van der Waals surface area contributed by atoms with Crippen LogP contribution in [0.15, 0.2) is 83.8 Å². The van der Waals surface area contributed by atoms with E-state index in [1.165, 1.54) is 30.3 Å². The van der Waals surface area contributed by atoms with E-state index in [9.17, 15) is 31.2 Å². The van der Waals surface area contributed by atoms with E-state index in [0.717, 1.165) is 18.6 Å². The second kappa shape index (κ2) is 10.0. The Morgan fingerprint density at radius 3 is 2.28 bits per heavy atom. The second-order valence-corrected chi connectivity index (χ2v) is 9.98. The highest BCUT2D eigenvalue weighted by Gasteiger charge is 2.33. The van der Waals surface area contributed by atoms with Gasteiger partial charge in [0.2, 0.25) is 11.8 Å². The van der Waals surface area contributed by atoms with Crippen molar-refractivity contribution in [2.24, 2.45) is 0 Å². The van der Waals surface area contributed by atoms with E-state index >= 15 is 0 Å². The summed E-state index contributed by atoms with van der Waals surface area (Å²) in [6.45, 7) is -0.154. The highest BCUT2D eigenvalue weighted by atomic mass is 32.2. The number of anilines is 3. The lowest BCUT2D eigenvalue weighted by atomic mass is 10.2. The molecule has 3 aromatic rings. The van der Waals surface area contributed by atoms with Crippen molar-refractivity contribution in [1.82, 2.24) is 0 Å². The number of carbonyl (C=O) groups is 2. The Balaban J connectivity index is 1.60. The van der Waals surface area contributed by atoms with E-state index in [2.05, 4.69) is 5.32 Å². The van der Waals surface area contributed by atoms with Crippen LogP contribution in [-0.4, -0.2) is 33.3 Å². The molecule has 4 rings (SSSR count). The van der Waals surface area contributed by atoms with E-state index in [0.29, 0.717) is 34.7 Å². The SMILES string of the molecule is O=C(CN(c1cccc(C(F)(F)F)c1)S(=O)(=O)c1ccccc1)Nc1ccc(N2CCCC2=O)cc1. The number of amides is 2. The lowest BCUT2D eigenvalue weighted by Gasteiger charge is -2.25. The summed E-state index contributed by atoms with van der Waals surface area (Å²) in [7, 11) is -4.37. The largest absolute Gasteiger partial charge is 0.416 e. The third-order valence-electron chi connectivity index (χ3n) is 5.62. The summed E-state index contributed by atoms with van der Waals surface area (Å²) in [6.07, 6.45) is -3.46. The molecule has 0 unspecified atom stereocenters. The van der Waals surface area contributed by atoms with E-state index in [-0.39, 0.29) is 16.5 Å². The van der Waals surface area contributed by atoms with Gasteiger partial charge in [-0.15, -0.1) is 0 Å². The van der Waals surface area contributed by atoms with E-state index < -0.39 is 34.2 Å². The van der Waals surface area contributed by atoms with Gasteiger partial charge < -0.3 is 10.2 Å². The number of nitrogens with one attached hydrogen (secondary N) is 1. The predicted molar refractivity (Wildman–Crippen MR) is 129 cm³/mol. The number of rotatable bonds is 7. The molecule has 1 heterocycles. The molecule has 0 saturated carbocycles. The number of alkyl halides is 3. The normalized spacial score (nSPS) is 14.1. The lowest BCUT2D eigenvalue weighted by molar-refractivity contribution is -0.137. The lowest BCUT2D eigenvalue weighted by Crippen LogP contribution is -2.38. The summed E-state index contributed by atoms with van der Waals surface area (Å²) in [6, 6.07) is 17.4. The maximum Gasteiger partial charge on any atom is 0.416 e. The van der Waals surface area contributed by atoms with Crippen molar-refractivity contribution >= 4 is 38.9 Å². The molecule has 0 atom stereocenters. The number of hydrogen-bond acceptors (Lipinski definition) is 4. The fourth-order valence-corrected chi connectivity index (χ4v) is 5.28. The van der Waals surface area contributed by atoms with E-state index in [1.54, 1.807) is 35.2 Å². The number of benzene rings is 3. The van der Waals surface area contributed by atoms with Crippen molar-refractivity contribution in [2.75, 3.05) is 27.6 Å². The van der Waals surface area contributed by atoms with Gasteiger partial charge in [0.25, 0.3) is 10.0 Å². The van der Waals surface area contributed by atoms with E-state index in [1.807, 2.05) is 0 Å². The fraction of sp³-hybridized carbons (Fsp3) is 0.200. The monoisotopic (exact) mass is 517 g/mol. The van der Waals surface area contributed by atoms with Crippen LogP contribution >= 0.6 is 0 Å². The Kier molecular flexibility index (Phi) is 7.02. The molecule has 1 N–H and O–H groups in total. The Hall–Kier alpha value is -3.86. The van der Waals surface area contributed by atoms with Crippen LogP contribution < -0.4 is 14.5 Å². The average molecular weight is 518 g/mol. The van der Waals surface area contributed by atoms with Gasteiger partial charge in [-0.2, -0.15) is 13.2 Å². The van der Waals surface area contributed by atoms with Gasteiger partial charge in [0.15, 0.2) is 0 Å². The van der Waals surface area contributed by atoms with Crippen LogP contribution in [-0.2, 0) is 25.8 Å². The van der Waals surface area contributed by atoms with Gasteiger partial charge in [0.05, 0.1) is 16.1 Å². The first-order chi connectivity index (χ1) is 17.1. The van der Waals surface area contributed by atoms with Crippen LogP contribution in [0.4, 0.5) is 30.2 Å². The predicted octanol–water partition coefficient (Wildman–Crippen LogP) is 4.67. The minimum Gasteiger partial charge on any atom is -0.325 e. The molecular weight excluding hydrogens is 495 g/mol. The molecule has 0 aliphatic carbocycles. The molecule has 7 nitrogen and oxygen atoms in total. The highest BCUT2D eigenvalue weighted by Crippen LogP contribution is 2.33. The summed E-state index contributed by atoms with van der Waals surface area (Å²) in [5.41, 5.74) is -0.323. The molecule has 1 aliphatic rings.